The lowest BCUT2D eigenvalue weighted by molar-refractivity contribution is 0.102. The van der Waals surface area contributed by atoms with Crippen molar-refractivity contribution < 1.29 is 9.21 Å². The second kappa shape index (κ2) is 4.98. The van der Waals surface area contributed by atoms with Gasteiger partial charge in [-0.1, -0.05) is 17.7 Å². The number of fused-ring (bicyclic) bond motifs is 1. The molecule has 0 bridgehead atoms. The van der Waals surface area contributed by atoms with Crippen molar-refractivity contribution in [1.82, 2.24) is 4.98 Å². The molecule has 100 valence electrons. The average Bonchev–Trinajstić information content (AvgIpc) is 2.90. The van der Waals surface area contributed by atoms with E-state index in [1.807, 2.05) is 19.1 Å². The lowest BCUT2D eigenvalue weighted by atomic mass is 10.1. The number of amides is 1. The molecule has 0 aliphatic carbocycles. The van der Waals surface area contributed by atoms with Gasteiger partial charge < -0.3 is 9.73 Å². The molecular formula is C15H11ClN2O2. The van der Waals surface area contributed by atoms with E-state index in [2.05, 4.69) is 10.3 Å². The molecule has 0 unspecified atom stereocenters. The van der Waals surface area contributed by atoms with E-state index in [0.717, 1.165) is 5.56 Å². The van der Waals surface area contributed by atoms with Gasteiger partial charge in [-0.05, 0) is 42.8 Å². The number of nitrogens with zero attached hydrogens (tertiary/aromatic N) is 1. The van der Waals surface area contributed by atoms with Gasteiger partial charge in [-0.2, -0.15) is 0 Å². The molecule has 0 radical (unpaired) electrons. The first-order valence-corrected chi connectivity index (χ1v) is 6.42. The SMILES string of the molecule is Cc1ccc(NC(=O)c2ccc3ocnc3c2)cc1Cl. The summed E-state index contributed by atoms with van der Waals surface area (Å²) in [5.74, 6) is -0.213. The Hall–Kier alpha value is -2.33. The van der Waals surface area contributed by atoms with Crippen molar-refractivity contribution in [3.8, 4) is 0 Å². The normalized spacial score (nSPS) is 10.7. The Morgan fingerprint density at radius 1 is 1.25 bits per heavy atom. The Balaban J connectivity index is 1.86. The third-order valence-corrected chi connectivity index (χ3v) is 3.43. The zero-order valence-electron chi connectivity index (χ0n) is 10.7. The van der Waals surface area contributed by atoms with E-state index in [4.69, 9.17) is 16.0 Å². The average molecular weight is 287 g/mol. The monoisotopic (exact) mass is 286 g/mol. The lowest BCUT2D eigenvalue weighted by Crippen LogP contribution is -2.11. The van der Waals surface area contributed by atoms with E-state index in [1.165, 1.54) is 6.39 Å². The number of rotatable bonds is 2. The van der Waals surface area contributed by atoms with Crippen LogP contribution in [0.3, 0.4) is 0 Å². The van der Waals surface area contributed by atoms with Crippen molar-refractivity contribution >= 4 is 34.3 Å². The molecule has 0 aliphatic rings. The van der Waals surface area contributed by atoms with Crippen LogP contribution >= 0.6 is 11.6 Å². The van der Waals surface area contributed by atoms with Crippen LogP contribution in [0.25, 0.3) is 11.1 Å². The quantitative estimate of drug-likeness (QED) is 0.773. The van der Waals surface area contributed by atoms with Gasteiger partial charge in [0.05, 0.1) is 0 Å². The summed E-state index contributed by atoms with van der Waals surface area (Å²) < 4.78 is 5.14. The molecule has 2 aromatic carbocycles. The van der Waals surface area contributed by atoms with E-state index in [9.17, 15) is 4.79 Å². The van der Waals surface area contributed by atoms with Gasteiger partial charge in [-0.25, -0.2) is 4.98 Å². The molecule has 1 amide bonds. The van der Waals surface area contributed by atoms with Crippen molar-refractivity contribution in [2.75, 3.05) is 5.32 Å². The lowest BCUT2D eigenvalue weighted by Gasteiger charge is -2.06. The number of carbonyl (C=O) groups is 1. The first-order valence-electron chi connectivity index (χ1n) is 6.04. The molecule has 4 nitrogen and oxygen atoms in total. The largest absolute Gasteiger partial charge is 0.443 e. The van der Waals surface area contributed by atoms with Crippen LogP contribution in [0.2, 0.25) is 5.02 Å². The minimum absolute atomic E-state index is 0.213. The summed E-state index contributed by atoms with van der Waals surface area (Å²) in [4.78, 5) is 16.2. The molecule has 1 heterocycles. The number of aromatic nitrogens is 1. The van der Waals surface area contributed by atoms with Gasteiger partial charge in [-0.3, -0.25) is 4.79 Å². The topological polar surface area (TPSA) is 55.1 Å². The molecule has 5 heteroatoms. The van der Waals surface area contributed by atoms with Gasteiger partial charge in [0.2, 0.25) is 0 Å². The fourth-order valence-corrected chi connectivity index (χ4v) is 2.05. The van der Waals surface area contributed by atoms with Gasteiger partial charge in [0.25, 0.3) is 5.91 Å². The number of oxazole rings is 1. The summed E-state index contributed by atoms with van der Waals surface area (Å²) in [6.45, 7) is 1.91. The predicted octanol–water partition coefficient (Wildman–Crippen LogP) is 4.04. The summed E-state index contributed by atoms with van der Waals surface area (Å²) in [6, 6.07) is 10.5. The van der Waals surface area contributed by atoms with Crippen LogP contribution in [0.15, 0.2) is 47.2 Å². The molecule has 3 rings (SSSR count). The van der Waals surface area contributed by atoms with Crippen molar-refractivity contribution in [3.63, 3.8) is 0 Å². The smallest absolute Gasteiger partial charge is 0.255 e. The molecule has 0 saturated heterocycles. The number of aryl methyl sites for hydroxylation is 1. The van der Waals surface area contributed by atoms with E-state index in [0.29, 0.717) is 27.4 Å². The Bertz CT molecular complexity index is 795. The first-order chi connectivity index (χ1) is 9.63. The van der Waals surface area contributed by atoms with Gasteiger partial charge >= 0.3 is 0 Å². The number of carbonyl (C=O) groups excluding carboxylic acids is 1. The van der Waals surface area contributed by atoms with Gasteiger partial charge in [0.1, 0.15) is 5.52 Å². The summed E-state index contributed by atoms with van der Waals surface area (Å²) in [5, 5.41) is 3.42. The third kappa shape index (κ3) is 2.38. The van der Waals surface area contributed by atoms with Gasteiger partial charge in [0, 0.05) is 16.3 Å². The van der Waals surface area contributed by atoms with Crippen LogP contribution in [0.4, 0.5) is 5.69 Å². The highest BCUT2D eigenvalue weighted by Crippen LogP contribution is 2.21. The van der Waals surface area contributed by atoms with E-state index in [1.54, 1.807) is 24.3 Å². The van der Waals surface area contributed by atoms with Crippen molar-refractivity contribution in [1.29, 1.82) is 0 Å². The summed E-state index contributed by atoms with van der Waals surface area (Å²) in [7, 11) is 0. The third-order valence-electron chi connectivity index (χ3n) is 3.02. The van der Waals surface area contributed by atoms with Crippen LogP contribution < -0.4 is 5.32 Å². The fourth-order valence-electron chi connectivity index (χ4n) is 1.87. The molecule has 0 saturated carbocycles. The predicted molar refractivity (Wildman–Crippen MR) is 78.2 cm³/mol. The number of halogens is 1. The molecule has 0 atom stereocenters. The van der Waals surface area contributed by atoms with Crippen LogP contribution in [0.5, 0.6) is 0 Å². The van der Waals surface area contributed by atoms with Crippen LogP contribution in [0, 0.1) is 6.92 Å². The summed E-state index contributed by atoms with van der Waals surface area (Å²) in [5.41, 5.74) is 3.45. The first kappa shape index (κ1) is 12.7. The summed E-state index contributed by atoms with van der Waals surface area (Å²) in [6.07, 6.45) is 1.35. The van der Waals surface area contributed by atoms with Crippen LogP contribution in [0.1, 0.15) is 15.9 Å². The Morgan fingerprint density at radius 2 is 2.10 bits per heavy atom. The van der Waals surface area contributed by atoms with Crippen molar-refractivity contribution in [2.24, 2.45) is 0 Å². The number of hydrogen-bond donors (Lipinski definition) is 1. The maximum Gasteiger partial charge on any atom is 0.255 e. The minimum atomic E-state index is -0.213. The van der Waals surface area contributed by atoms with E-state index >= 15 is 0 Å². The number of nitrogens with one attached hydrogen (secondary N) is 1. The second-order valence-corrected chi connectivity index (χ2v) is 4.86. The zero-order valence-corrected chi connectivity index (χ0v) is 11.4. The molecule has 0 aliphatic heterocycles. The molecule has 3 aromatic rings. The molecule has 1 N–H and O–H groups in total. The van der Waals surface area contributed by atoms with Crippen molar-refractivity contribution in [2.45, 2.75) is 6.92 Å². The molecule has 1 aromatic heterocycles. The Labute approximate surface area is 120 Å². The highest BCUT2D eigenvalue weighted by molar-refractivity contribution is 6.31. The standard InChI is InChI=1S/C15H11ClN2O2/c1-9-2-4-11(7-12(9)16)18-15(19)10-3-5-14-13(6-10)17-8-20-14/h2-8H,1H3,(H,18,19). The minimum Gasteiger partial charge on any atom is -0.443 e. The maximum absolute atomic E-state index is 12.2. The summed E-state index contributed by atoms with van der Waals surface area (Å²) >= 11 is 6.03. The Kier molecular flexibility index (Phi) is 3.16. The van der Waals surface area contributed by atoms with E-state index < -0.39 is 0 Å². The fraction of sp³-hybridized carbons (Fsp3) is 0.0667. The molecular weight excluding hydrogens is 276 g/mol. The molecule has 0 spiro atoms. The van der Waals surface area contributed by atoms with Crippen LogP contribution in [-0.4, -0.2) is 10.9 Å². The second-order valence-electron chi connectivity index (χ2n) is 4.45. The van der Waals surface area contributed by atoms with Crippen LogP contribution in [-0.2, 0) is 0 Å². The highest BCUT2D eigenvalue weighted by atomic mass is 35.5. The van der Waals surface area contributed by atoms with E-state index in [-0.39, 0.29) is 5.91 Å². The van der Waals surface area contributed by atoms with Crippen molar-refractivity contribution in [3.05, 3.63) is 58.9 Å². The van der Waals surface area contributed by atoms with Gasteiger partial charge in [0.15, 0.2) is 12.0 Å². The maximum atomic E-state index is 12.2. The zero-order chi connectivity index (χ0) is 14.1. The highest BCUT2D eigenvalue weighted by Gasteiger charge is 2.09. The number of anilines is 1. The van der Waals surface area contributed by atoms with Gasteiger partial charge in [-0.15, -0.1) is 0 Å². The number of hydrogen-bond acceptors (Lipinski definition) is 3. The number of benzene rings is 2. The Morgan fingerprint density at radius 3 is 2.90 bits per heavy atom. The molecule has 20 heavy (non-hydrogen) atoms. The molecule has 0 fully saturated rings.